The SMILES string of the molecule is CCOC(=O)C1CCN(C(=O)c2cc(-c3csc(Nc4cccc(C(F)(F)F)c4)n3)n(C3CCCCC3)c2C)CC1. The first kappa shape index (κ1) is 29.2. The Morgan fingerprint density at radius 3 is 2.51 bits per heavy atom. The second-order valence-electron chi connectivity index (χ2n) is 10.8. The van der Waals surface area contributed by atoms with Crippen molar-refractivity contribution in [3.05, 3.63) is 52.5 Å². The second-order valence-corrected chi connectivity index (χ2v) is 11.6. The third-order valence-corrected chi connectivity index (χ3v) is 8.83. The van der Waals surface area contributed by atoms with Gasteiger partial charge in [0, 0.05) is 35.9 Å². The summed E-state index contributed by atoms with van der Waals surface area (Å²) in [6.45, 7) is 5.11. The molecule has 1 saturated heterocycles. The molecule has 220 valence electrons. The molecule has 0 bridgehead atoms. The third kappa shape index (κ3) is 6.45. The number of halogens is 3. The summed E-state index contributed by atoms with van der Waals surface area (Å²) < 4.78 is 47.0. The first-order chi connectivity index (χ1) is 19.7. The van der Waals surface area contributed by atoms with Crippen LogP contribution in [0.25, 0.3) is 11.4 Å². The Labute approximate surface area is 241 Å². The summed E-state index contributed by atoms with van der Waals surface area (Å²) in [5.41, 5.74) is 2.62. The Bertz CT molecular complexity index is 1390. The van der Waals surface area contributed by atoms with Gasteiger partial charge in [-0.15, -0.1) is 11.3 Å². The number of hydrogen-bond donors (Lipinski definition) is 1. The molecule has 5 rings (SSSR count). The lowest BCUT2D eigenvalue weighted by atomic mass is 9.95. The number of hydrogen-bond acceptors (Lipinski definition) is 6. The van der Waals surface area contributed by atoms with E-state index in [1.54, 1.807) is 13.0 Å². The third-order valence-electron chi connectivity index (χ3n) is 8.07. The molecule has 11 heteroatoms. The summed E-state index contributed by atoms with van der Waals surface area (Å²) in [7, 11) is 0. The minimum atomic E-state index is -4.43. The quantitative estimate of drug-likeness (QED) is 0.288. The largest absolute Gasteiger partial charge is 0.466 e. The molecule has 2 fully saturated rings. The molecular formula is C30H35F3N4O3S. The Morgan fingerprint density at radius 2 is 1.83 bits per heavy atom. The molecule has 0 radical (unpaired) electrons. The summed E-state index contributed by atoms with van der Waals surface area (Å²) in [6.07, 6.45) is 2.18. The number of benzene rings is 1. The van der Waals surface area contributed by atoms with Crippen LogP contribution in [0.1, 0.15) is 79.5 Å². The Morgan fingerprint density at radius 1 is 1.10 bits per heavy atom. The van der Waals surface area contributed by atoms with Gasteiger partial charge in [0.2, 0.25) is 0 Å². The van der Waals surface area contributed by atoms with Gasteiger partial charge in [-0.3, -0.25) is 9.59 Å². The monoisotopic (exact) mass is 588 g/mol. The standard InChI is InChI=1S/C30H35F3N4O3S/c1-3-40-28(39)20-12-14-36(15-13-20)27(38)24-17-26(37(19(24)2)23-10-5-4-6-11-23)25-18-41-29(35-25)34-22-9-7-8-21(16-22)30(31,32)33/h7-9,16-18,20,23H,3-6,10-15H2,1-2H3,(H,34,35). The van der Waals surface area contributed by atoms with Gasteiger partial charge in [0.1, 0.15) is 0 Å². The summed E-state index contributed by atoms with van der Waals surface area (Å²) in [6, 6.07) is 7.20. The Hall–Kier alpha value is -3.34. The minimum absolute atomic E-state index is 0.0573. The van der Waals surface area contributed by atoms with Crippen molar-refractivity contribution in [3.8, 4) is 11.4 Å². The van der Waals surface area contributed by atoms with E-state index in [2.05, 4.69) is 9.88 Å². The molecule has 0 atom stereocenters. The van der Waals surface area contributed by atoms with Gasteiger partial charge in [-0.1, -0.05) is 25.3 Å². The number of likely N-dealkylation sites (tertiary alicyclic amines) is 1. The van der Waals surface area contributed by atoms with Crippen LogP contribution >= 0.6 is 11.3 Å². The van der Waals surface area contributed by atoms with Gasteiger partial charge in [-0.2, -0.15) is 13.2 Å². The molecule has 2 aromatic heterocycles. The van der Waals surface area contributed by atoms with Crippen molar-refractivity contribution in [3.63, 3.8) is 0 Å². The first-order valence-electron chi connectivity index (χ1n) is 14.2. The van der Waals surface area contributed by atoms with Crippen molar-refractivity contribution in [1.29, 1.82) is 0 Å². The lowest BCUT2D eigenvalue weighted by Gasteiger charge is -2.31. The minimum Gasteiger partial charge on any atom is -0.466 e. The van der Waals surface area contributed by atoms with E-state index in [4.69, 9.17) is 9.72 Å². The lowest BCUT2D eigenvalue weighted by molar-refractivity contribution is -0.149. The normalized spacial score (nSPS) is 17.0. The average molecular weight is 589 g/mol. The van der Waals surface area contributed by atoms with Gasteiger partial charge in [-0.25, -0.2) is 4.98 Å². The van der Waals surface area contributed by atoms with Gasteiger partial charge < -0.3 is 19.5 Å². The number of nitrogens with one attached hydrogen (secondary N) is 1. The summed E-state index contributed by atoms with van der Waals surface area (Å²) in [5.74, 6) is -0.432. The smallest absolute Gasteiger partial charge is 0.416 e. The molecule has 7 nitrogen and oxygen atoms in total. The van der Waals surface area contributed by atoms with Gasteiger partial charge in [-0.05, 0) is 63.8 Å². The zero-order chi connectivity index (χ0) is 29.1. The van der Waals surface area contributed by atoms with Crippen molar-refractivity contribution < 1.29 is 27.5 Å². The number of ether oxygens (including phenoxy) is 1. The Kier molecular flexibility index (Phi) is 8.72. The molecule has 0 spiro atoms. The zero-order valence-electron chi connectivity index (χ0n) is 23.3. The molecule has 1 saturated carbocycles. The van der Waals surface area contributed by atoms with Crippen LogP contribution in [0.15, 0.2) is 35.7 Å². The molecule has 3 aromatic rings. The molecule has 2 aliphatic rings. The van der Waals surface area contributed by atoms with E-state index >= 15 is 0 Å². The van der Waals surface area contributed by atoms with Crippen LogP contribution in [0, 0.1) is 12.8 Å². The van der Waals surface area contributed by atoms with E-state index in [9.17, 15) is 22.8 Å². The zero-order valence-corrected chi connectivity index (χ0v) is 24.1. The molecule has 1 aromatic carbocycles. The predicted octanol–water partition coefficient (Wildman–Crippen LogP) is 7.60. The van der Waals surface area contributed by atoms with Gasteiger partial charge in [0.25, 0.3) is 5.91 Å². The molecule has 1 aliphatic heterocycles. The molecule has 0 unspecified atom stereocenters. The van der Waals surface area contributed by atoms with Crippen LogP contribution in [-0.2, 0) is 15.7 Å². The van der Waals surface area contributed by atoms with E-state index in [1.165, 1.54) is 23.8 Å². The molecule has 41 heavy (non-hydrogen) atoms. The predicted molar refractivity (Wildman–Crippen MR) is 152 cm³/mol. The topological polar surface area (TPSA) is 76.5 Å². The number of alkyl halides is 3. The summed E-state index contributed by atoms with van der Waals surface area (Å²) in [4.78, 5) is 32.4. The van der Waals surface area contributed by atoms with Gasteiger partial charge in [0.15, 0.2) is 5.13 Å². The van der Waals surface area contributed by atoms with Crippen LogP contribution < -0.4 is 5.32 Å². The molecule has 1 N–H and O–H groups in total. The molecule has 1 amide bonds. The summed E-state index contributed by atoms with van der Waals surface area (Å²) in [5, 5.41) is 5.36. The number of rotatable bonds is 7. The number of carbonyl (C=O) groups is 2. The highest BCUT2D eigenvalue weighted by Crippen LogP contribution is 2.38. The second kappa shape index (κ2) is 12.3. The number of amides is 1. The average Bonchev–Trinajstić information content (AvgIpc) is 3.57. The van der Waals surface area contributed by atoms with Gasteiger partial charge >= 0.3 is 12.1 Å². The number of carbonyl (C=O) groups excluding carboxylic acids is 2. The Balaban J connectivity index is 1.40. The van der Waals surface area contributed by atoms with Crippen molar-refractivity contribution >= 4 is 34.0 Å². The van der Waals surface area contributed by atoms with E-state index < -0.39 is 11.7 Å². The highest BCUT2D eigenvalue weighted by molar-refractivity contribution is 7.14. The number of esters is 1. The first-order valence-corrected chi connectivity index (χ1v) is 15.1. The molecule has 1 aliphatic carbocycles. The highest BCUT2D eigenvalue weighted by Gasteiger charge is 2.33. The van der Waals surface area contributed by atoms with E-state index in [0.717, 1.165) is 49.2 Å². The molecular weight excluding hydrogens is 553 g/mol. The number of thiazole rings is 1. The van der Waals surface area contributed by atoms with Crippen molar-refractivity contribution in [2.24, 2.45) is 5.92 Å². The molecule has 3 heterocycles. The van der Waals surface area contributed by atoms with Crippen LogP contribution in [0.3, 0.4) is 0 Å². The van der Waals surface area contributed by atoms with E-state index in [-0.39, 0.29) is 23.8 Å². The van der Waals surface area contributed by atoms with Crippen molar-refractivity contribution in [2.75, 3.05) is 25.0 Å². The van der Waals surface area contributed by atoms with E-state index in [1.807, 2.05) is 23.3 Å². The fourth-order valence-electron chi connectivity index (χ4n) is 5.94. The lowest BCUT2D eigenvalue weighted by Crippen LogP contribution is -2.40. The van der Waals surface area contributed by atoms with Crippen LogP contribution in [-0.4, -0.2) is 46.0 Å². The van der Waals surface area contributed by atoms with Crippen LogP contribution in [0.5, 0.6) is 0 Å². The number of nitrogens with zero attached hydrogens (tertiary/aromatic N) is 3. The highest BCUT2D eigenvalue weighted by atomic mass is 32.1. The fourth-order valence-corrected chi connectivity index (χ4v) is 6.66. The maximum atomic E-state index is 13.7. The fraction of sp³-hybridized carbons (Fsp3) is 0.500. The number of anilines is 2. The number of aromatic nitrogens is 2. The maximum Gasteiger partial charge on any atom is 0.416 e. The summed E-state index contributed by atoms with van der Waals surface area (Å²) >= 11 is 1.31. The van der Waals surface area contributed by atoms with Crippen LogP contribution in [0.2, 0.25) is 0 Å². The maximum absolute atomic E-state index is 13.7. The van der Waals surface area contributed by atoms with Crippen LogP contribution in [0.4, 0.5) is 24.0 Å². The van der Waals surface area contributed by atoms with Crippen molar-refractivity contribution in [1.82, 2.24) is 14.5 Å². The van der Waals surface area contributed by atoms with Crippen molar-refractivity contribution in [2.45, 2.75) is 71.0 Å². The van der Waals surface area contributed by atoms with E-state index in [0.29, 0.717) is 54.6 Å². The number of piperidine rings is 1. The van der Waals surface area contributed by atoms with Gasteiger partial charge in [0.05, 0.1) is 35.0 Å².